The molecule has 3 heterocycles. The highest BCUT2D eigenvalue weighted by atomic mass is 32.1. The molecule has 0 amide bonds. The van der Waals surface area contributed by atoms with E-state index >= 15 is 0 Å². The van der Waals surface area contributed by atoms with Crippen molar-refractivity contribution in [3.63, 3.8) is 0 Å². The summed E-state index contributed by atoms with van der Waals surface area (Å²) in [5.74, 6) is 1.52. The summed E-state index contributed by atoms with van der Waals surface area (Å²) < 4.78 is 17.5. The van der Waals surface area contributed by atoms with Gasteiger partial charge in [-0.3, -0.25) is 4.90 Å². The number of morpholine rings is 1. The van der Waals surface area contributed by atoms with Crippen LogP contribution in [0, 0.1) is 5.92 Å². The fourth-order valence-electron chi connectivity index (χ4n) is 3.74. The Hall–Kier alpha value is -1.21. The number of ether oxygens (including phenoxy) is 2. The highest BCUT2D eigenvalue weighted by Crippen LogP contribution is 2.35. The Morgan fingerprint density at radius 1 is 1.39 bits per heavy atom. The minimum atomic E-state index is 0.287. The number of aromatic nitrogens is 1. The molecular weight excluding hydrogens is 312 g/mol. The van der Waals surface area contributed by atoms with Crippen molar-refractivity contribution >= 4 is 11.3 Å². The first-order valence-electron chi connectivity index (χ1n) is 8.24. The standard InChI is InChI=1S/C17H22N2O3S/c1-2-14(21-7-1)10-19-6-8-22-17-13(3-4-15(17)19)11-20-12-16-18-5-9-23-16/h1-2,5,7,9,13,15,17H,3-4,6,8,10-12H2. The average Bonchev–Trinajstić information content (AvgIpc) is 3.30. The number of fused-ring (bicyclic) bond motifs is 1. The predicted octanol–water partition coefficient (Wildman–Crippen LogP) is 2.93. The zero-order valence-electron chi connectivity index (χ0n) is 13.1. The molecule has 2 aromatic rings. The van der Waals surface area contributed by atoms with Crippen LogP contribution < -0.4 is 0 Å². The molecular formula is C17H22N2O3S. The minimum absolute atomic E-state index is 0.287. The molecule has 1 aliphatic carbocycles. The third kappa shape index (κ3) is 3.50. The van der Waals surface area contributed by atoms with E-state index in [0.29, 0.717) is 18.6 Å². The van der Waals surface area contributed by atoms with Gasteiger partial charge in [0, 0.05) is 30.1 Å². The molecule has 3 unspecified atom stereocenters. The molecule has 124 valence electrons. The van der Waals surface area contributed by atoms with Crippen molar-refractivity contribution in [2.24, 2.45) is 5.92 Å². The third-order valence-electron chi connectivity index (χ3n) is 4.81. The van der Waals surface area contributed by atoms with Crippen molar-refractivity contribution in [3.05, 3.63) is 40.7 Å². The molecule has 1 saturated heterocycles. The first-order valence-corrected chi connectivity index (χ1v) is 9.12. The molecule has 23 heavy (non-hydrogen) atoms. The first kappa shape index (κ1) is 15.3. The normalized spacial score (nSPS) is 28.1. The van der Waals surface area contributed by atoms with Crippen LogP contribution >= 0.6 is 11.3 Å². The van der Waals surface area contributed by atoms with Crippen LogP contribution in [-0.4, -0.2) is 41.8 Å². The second kappa shape index (κ2) is 7.13. The van der Waals surface area contributed by atoms with Crippen LogP contribution in [0.15, 0.2) is 34.4 Å². The molecule has 3 atom stereocenters. The van der Waals surface area contributed by atoms with E-state index in [0.717, 1.165) is 37.1 Å². The van der Waals surface area contributed by atoms with Crippen LogP contribution in [0.4, 0.5) is 0 Å². The van der Waals surface area contributed by atoms with Crippen molar-refractivity contribution in [1.82, 2.24) is 9.88 Å². The molecule has 6 heteroatoms. The number of rotatable bonds is 6. The lowest BCUT2D eigenvalue weighted by atomic mass is 10.0. The Labute approximate surface area is 140 Å². The fourth-order valence-corrected chi connectivity index (χ4v) is 4.29. The van der Waals surface area contributed by atoms with Crippen LogP contribution in [0.25, 0.3) is 0 Å². The van der Waals surface area contributed by atoms with Crippen LogP contribution in [0.1, 0.15) is 23.6 Å². The van der Waals surface area contributed by atoms with Gasteiger partial charge in [0.25, 0.3) is 0 Å². The first-order chi connectivity index (χ1) is 11.4. The largest absolute Gasteiger partial charge is 0.468 e. The van der Waals surface area contributed by atoms with E-state index in [-0.39, 0.29) is 6.10 Å². The molecule has 1 aliphatic heterocycles. The summed E-state index contributed by atoms with van der Waals surface area (Å²) in [5.41, 5.74) is 0. The van der Waals surface area contributed by atoms with Crippen LogP contribution in [0.3, 0.4) is 0 Å². The third-order valence-corrected chi connectivity index (χ3v) is 5.57. The van der Waals surface area contributed by atoms with Gasteiger partial charge in [0.05, 0.1) is 38.7 Å². The Balaban J connectivity index is 1.31. The summed E-state index contributed by atoms with van der Waals surface area (Å²) in [5, 5.41) is 3.03. The van der Waals surface area contributed by atoms with E-state index in [1.807, 2.05) is 23.7 Å². The molecule has 0 aromatic carbocycles. The van der Waals surface area contributed by atoms with Gasteiger partial charge in [0.15, 0.2) is 0 Å². The molecule has 0 radical (unpaired) electrons. The molecule has 2 fully saturated rings. The van der Waals surface area contributed by atoms with E-state index in [1.54, 1.807) is 17.6 Å². The maximum atomic E-state index is 6.09. The summed E-state index contributed by atoms with van der Waals surface area (Å²) in [6.07, 6.45) is 6.21. The van der Waals surface area contributed by atoms with Gasteiger partial charge in [0.2, 0.25) is 0 Å². The minimum Gasteiger partial charge on any atom is -0.468 e. The van der Waals surface area contributed by atoms with Crippen LogP contribution in [0.5, 0.6) is 0 Å². The number of thiazole rings is 1. The average molecular weight is 334 g/mol. The smallest absolute Gasteiger partial charge is 0.118 e. The molecule has 5 nitrogen and oxygen atoms in total. The highest BCUT2D eigenvalue weighted by Gasteiger charge is 2.42. The Kier molecular flexibility index (Phi) is 4.75. The molecule has 0 N–H and O–H groups in total. The second-order valence-corrected chi connectivity index (χ2v) is 7.21. The summed E-state index contributed by atoms with van der Waals surface area (Å²) in [6, 6.07) is 4.49. The molecule has 4 rings (SSSR count). The van der Waals surface area contributed by atoms with E-state index in [9.17, 15) is 0 Å². The van der Waals surface area contributed by atoms with Gasteiger partial charge in [-0.05, 0) is 25.0 Å². The van der Waals surface area contributed by atoms with E-state index in [4.69, 9.17) is 13.9 Å². The van der Waals surface area contributed by atoms with Crippen molar-refractivity contribution in [2.75, 3.05) is 19.8 Å². The van der Waals surface area contributed by atoms with Crippen LogP contribution in [-0.2, 0) is 22.6 Å². The quantitative estimate of drug-likeness (QED) is 0.813. The van der Waals surface area contributed by atoms with Gasteiger partial charge in [-0.2, -0.15) is 0 Å². The molecule has 1 saturated carbocycles. The topological polar surface area (TPSA) is 47.7 Å². The summed E-state index contributed by atoms with van der Waals surface area (Å²) >= 11 is 1.64. The van der Waals surface area contributed by atoms with Crippen molar-refractivity contribution < 1.29 is 13.9 Å². The van der Waals surface area contributed by atoms with E-state index < -0.39 is 0 Å². The molecule has 2 aromatic heterocycles. The SMILES string of the molecule is c1coc(CN2CCOC3C(COCc4nccs4)CCC32)c1. The van der Waals surface area contributed by atoms with Gasteiger partial charge in [-0.25, -0.2) is 4.98 Å². The van der Waals surface area contributed by atoms with Gasteiger partial charge in [-0.1, -0.05) is 0 Å². The summed E-state index contributed by atoms with van der Waals surface area (Å²) in [7, 11) is 0. The highest BCUT2D eigenvalue weighted by molar-refractivity contribution is 7.09. The monoisotopic (exact) mass is 334 g/mol. The number of hydrogen-bond acceptors (Lipinski definition) is 6. The van der Waals surface area contributed by atoms with Gasteiger partial charge in [0.1, 0.15) is 10.8 Å². The van der Waals surface area contributed by atoms with E-state index in [1.165, 1.54) is 12.8 Å². The predicted molar refractivity (Wildman–Crippen MR) is 87.1 cm³/mol. The maximum absolute atomic E-state index is 6.09. The Morgan fingerprint density at radius 3 is 3.22 bits per heavy atom. The Bertz CT molecular complexity index is 587. The zero-order valence-corrected chi connectivity index (χ0v) is 13.9. The second-order valence-electron chi connectivity index (χ2n) is 6.23. The summed E-state index contributed by atoms with van der Waals surface area (Å²) in [6.45, 7) is 4.03. The van der Waals surface area contributed by atoms with Crippen molar-refractivity contribution in [1.29, 1.82) is 0 Å². The molecule has 0 spiro atoms. The fraction of sp³-hybridized carbons (Fsp3) is 0.588. The van der Waals surface area contributed by atoms with Crippen LogP contribution in [0.2, 0.25) is 0 Å². The molecule has 2 aliphatic rings. The number of furan rings is 1. The Morgan fingerprint density at radius 2 is 2.39 bits per heavy atom. The summed E-state index contributed by atoms with van der Waals surface area (Å²) in [4.78, 5) is 6.77. The van der Waals surface area contributed by atoms with Gasteiger partial charge >= 0.3 is 0 Å². The lowest BCUT2D eigenvalue weighted by Crippen LogP contribution is -2.50. The maximum Gasteiger partial charge on any atom is 0.118 e. The number of nitrogens with zero attached hydrogens (tertiary/aromatic N) is 2. The van der Waals surface area contributed by atoms with Crippen molar-refractivity contribution in [2.45, 2.75) is 38.1 Å². The van der Waals surface area contributed by atoms with E-state index in [2.05, 4.69) is 9.88 Å². The number of hydrogen-bond donors (Lipinski definition) is 0. The lowest BCUT2D eigenvalue weighted by molar-refractivity contribution is -0.0904. The van der Waals surface area contributed by atoms with Crippen molar-refractivity contribution in [3.8, 4) is 0 Å². The van der Waals surface area contributed by atoms with Gasteiger partial charge in [-0.15, -0.1) is 11.3 Å². The molecule has 0 bridgehead atoms. The zero-order chi connectivity index (χ0) is 15.5. The lowest BCUT2D eigenvalue weighted by Gasteiger charge is -2.38. The van der Waals surface area contributed by atoms with Gasteiger partial charge < -0.3 is 13.9 Å².